The Bertz CT molecular complexity index is 555. The second-order valence-corrected chi connectivity index (χ2v) is 5.81. The number of aromatic nitrogens is 2. The van der Waals surface area contributed by atoms with Crippen molar-refractivity contribution in [3.8, 4) is 0 Å². The van der Waals surface area contributed by atoms with Gasteiger partial charge in [-0.05, 0) is 24.9 Å². The van der Waals surface area contributed by atoms with Gasteiger partial charge >= 0.3 is 0 Å². The molecule has 1 saturated carbocycles. The molecule has 0 aliphatic heterocycles. The summed E-state index contributed by atoms with van der Waals surface area (Å²) >= 11 is 0. The van der Waals surface area contributed by atoms with Crippen LogP contribution in [0.3, 0.4) is 0 Å². The summed E-state index contributed by atoms with van der Waals surface area (Å²) in [6.07, 6.45) is 7.98. The molecule has 0 spiro atoms. The van der Waals surface area contributed by atoms with Crippen LogP contribution in [0, 0.1) is 0 Å². The quantitative estimate of drug-likeness (QED) is 0.903. The van der Waals surface area contributed by atoms with Crippen molar-refractivity contribution in [1.29, 1.82) is 0 Å². The van der Waals surface area contributed by atoms with Gasteiger partial charge in [0.1, 0.15) is 0 Å². The number of aryl methyl sites for hydroxylation is 1. The van der Waals surface area contributed by atoms with Crippen molar-refractivity contribution >= 4 is 0 Å². The van der Waals surface area contributed by atoms with Gasteiger partial charge < -0.3 is 5.32 Å². The fraction of sp³-hybridized carbons (Fsp3) is 0.471. The lowest BCUT2D eigenvalue weighted by molar-refractivity contribution is 0.171. The van der Waals surface area contributed by atoms with E-state index in [0.717, 1.165) is 6.54 Å². The number of likely N-dealkylation sites (N-methyl/N-ethyl adjacent to an activating group) is 1. The first-order chi connectivity index (χ1) is 9.76. The molecule has 20 heavy (non-hydrogen) atoms. The second-order valence-electron chi connectivity index (χ2n) is 5.81. The second kappa shape index (κ2) is 5.41. The van der Waals surface area contributed by atoms with E-state index in [1.807, 2.05) is 17.9 Å². The van der Waals surface area contributed by atoms with E-state index < -0.39 is 0 Å². The number of hydrogen-bond acceptors (Lipinski definition) is 2. The van der Waals surface area contributed by atoms with Crippen molar-refractivity contribution in [2.24, 2.45) is 7.05 Å². The summed E-state index contributed by atoms with van der Waals surface area (Å²) in [6.45, 7) is 3.16. The van der Waals surface area contributed by atoms with Gasteiger partial charge in [-0.15, -0.1) is 0 Å². The van der Waals surface area contributed by atoms with Gasteiger partial charge in [0.05, 0.1) is 6.20 Å². The van der Waals surface area contributed by atoms with E-state index in [4.69, 9.17) is 0 Å². The van der Waals surface area contributed by atoms with Gasteiger partial charge in [0.25, 0.3) is 0 Å². The third-order valence-electron chi connectivity index (χ3n) is 4.61. The van der Waals surface area contributed by atoms with Crippen molar-refractivity contribution in [3.63, 3.8) is 0 Å². The minimum atomic E-state index is 0.236. The van der Waals surface area contributed by atoms with Crippen molar-refractivity contribution in [2.75, 3.05) is 6.54 Å². The summed E-state index contributed by atoms with van der Waals surface area (Å²) in [6, 6.07) is 11.3. The van der Waals surface area contributed by atoms with Crippen LogP contribution in [0.2, 0.25) is 0 Å². The molecule has 106 valence electrons. The molecule has 3 rings (SSSR count). The Labute approximate surface area is 121 Å². The van der Waals surface area contributed by atoms with E-state index in [0.29, 0.717) is 6.04 Å². The van der Waals surface area contributed by atoms with Crippen LogP contribution in [0.1, 0.15) is 43.4 Å². The number of nitrogens with zero attached hydrogens (tertiary/aromatic N) is 2. The molecular weight excluding hydrogens is 246 g/mol. The SMILES string of the molecule is CCNC(c1cnn(C)c1)C1(c2ccccc2)CCC1. The highest BCUT2D eigenvalue weighted by Crippen LogP contribution is 2.51. The van der Waals surface area contributed by atoms with Gasteiger partial charge in [0, 0.05) is 30.3 Å². The highest BCUT2D eigenvalue weighted by molar-refractivity contribution is 5.34. The summed E-state index contributed by atoms with van der Waals surface area (Å²) in [7, 11) is 1.99. The average Bonchev–Trinajstić information content (AvgIpc) is 2.84. The predicted molar refractivity (Wildman–Crippen MR) is 81.6 cm³/mol. The van der Waals surface area contributed by atoms with Gasteiger partial charge in [-0.1, -0.05) is 43.7 Å². The highest BCUT2D eigenvalue weighted by atomic mass is 15.2. The molecule has 1 N–H and O–H groups in total. The Balaban J connectivity index is 2.00. The summed E-state index contributed by atoms with van der Waals surface area (Å²) in [5, 5.41) is 8.06. The molecule has 1 aromatic heterocycles. The summed E-state index contributed by atoms with van der Waals surface area (Å²) < 4.78 is 1.90. The smallest absolute Gasteiger partial charge is 0.0537 e. The van der Waals surface area contributed by atoms with E-state index >= 15 is 0 Å². The Morgan fingerprint density at radius 3 is 2.55 bits per heavy atom. The third kappa shape index (κ3) is 2.16. The molecule has 1 unspecified atom stereocenters. The van der Waals surface area contributed by atoms with E-state index in [1.165, 1.54) is 30.4 Å². The Morgan fingerprint density at radius 2 is 2.05 bits per heavy atom. The Hall–Kier alpha value is -1.61. The van der Waals surface area contributed by atoms with Crippen molar-refractivity contribution in [2.45, 2.75) is 37.6 Å². The maximum Gasteiger partial charge on any atom is 0.0537 e. The molecule has 1 fully saturated rings. The zero-order valence-corrected chi connectivity index (χ0v) is 12.3. The number of hydrogen-bond donors (Lipinski definition) is 1. The molecular formula is C17H23N3. The zero-order valence-electron chi connectivity index (χ0n) is 12.3. The lowest BCUT2D eigenvalue weighted by Crippen LogP contribution is -2.46. The summed E-state index contributed by atoms with van der Waals surface area (Å²) in [5.41, 5.74) is 3.00. The minimum Gasteiger partial charge on any atom is -0.309 e. The summed E-state index contributed by atoms with van der Waals surface area (Å²) in [4.78, 5) is 0. The van der Waals surface area contributed by atoms with E-state index in [9.17, 15) is 0 Å². The number of rotatable bonds is 5. The van der Waals surface area contributed by atoms with Gasteiger partial charge in [-0.3, -0.25) is 4.68 Å². The number of benzene rings is 1. The molecule has 1 aliphatic rings. The predicted octanol–water partition coefficient (Wildman–Crippen LogP) is 3.19. The van der Waals surface area contributed by atoms with E-state index in [1.54, 1.807) is 0 Å². The van der Waals surface area contributed by atoms with Crippen molar-refractivity contribution in [1.82, 2.24) is 15.1 Å². The molecule has 0 amide bonds. The lowest BCUT2D eigenvalue weighted by Gasteiger charge is -2.48. The molecule has 0 saturated heterocycles. The van der Waals surface area contributed by atoms with Crippen LogP contribution in [0.15, 0.2) is 42.7 Å². The molecule has 1 aromatic carbocycles. The molecule has 1 heterocycles. The largest absolute Gasteiger partial charge is 0.309 e. The number of nitrogens with one attached hydrogen (secondary N) is 1. The van der Waals surface area contributed by atoms with Gasteiger partial charge in [-0.2, -0.15) is 5.10 Å². The van der Waals surface area contributed by atoms with Crippen molar-refractivity contribution in [3.05, 3.63) is 53.9 Å². The molecule has 1 aliphatic carbocycles. The average molecular weight is 269 g/mol. The fourth-order valence-electron chi connectivity index (χ4n) is 3.50. The van der Waals surface area contributed by atoms with Crippen LogP contribution in [-0.4, -0.2) is 16.3 Å². The molecule has 3 heteroatoms. The highest BCUT2D eigenvalue weighted by Gasteiger charge is 2.46. The first-order valence-electron chi connectivity index (χ1n) is 7.54. The van der Waals surface area contributed by atoms with Gasteiger partial charge in [-0.25, -0.2) is 0 Å². The molecule has 0 bridgehead atoms. The fourth-order valence-corrected chi connectivity index (χ4v) is 3.50. The molecule has 2 aromatic rings. The topological polar surface area (TPSA) is 29.9 Å². The molecule has 0 radical (unpaired) electrons. The van der Waals surface area contributed by atoms with E-state index in [-0.39, 0.29) is 5.41 Å². The standard InChI is InChI=1S/C17H23N3/c1-3-18-16(14-12-19-20(2)13-14)17(10-7-11-17)15-8-5-4-6-9-15/h4-6,8-9,12-13,16,18H,3,7,10-11H2,1-2H3. The van der Waals surface area contributed by atoms with Crippen LogP contribution in [0.25, 0.3) is 0 Å². The molecule has 3 nitrogen and oxygen atoms in total. The Morgan fingerprint density at radius 1 is 1.30 bits per heavy atom. The minimum absolute atomic E-state index is 0.236. The normalized spacial score (nSPS) is 18.5. The van der Waals surface area contributed by atoms with Crippen LogP contribution in [-0.2, 0) is 12.5 Å². The van der Waals surface area contributed by atoms with Crippen LogP contribution in [0.4, 0.5) is 0 Å². The monoisotopic (exact) mass is 269 g/mol. The van der Waals surface area contributed by atoms with Gasteiger partial charge in [0.15, 0.2) is 0 Å². The lowest BCUT2D eigenvalue weighted by atomic mass is 9.59. The maximum absolute atomic E-state index is 4.36. The van der Waals surface area contributed by atoms with E-state index in [2.05, 4.69) is 53.9 Å². The maximum atomic E-state index is 4.36. The first kappa shape index (κ1) is 13.4. The third-order valence-corrected chi connectivity index (χ3v) is 4.61. The van der Waals surface area contributed by atoms with Gasteiger partial charge in [0.2, 0.25) is 0 Å². The Kier molecular flexibility index (Phi) is 3.62. The van der Waals surface area contributed by atoms with Crippen LogP contribution >= 0.6 is 0 Å². The van der Waals surface area contributed by atoms with Crippen molar-refractivity contribution < 1.29 is 0 Å². The van der Waals surface area contributed by atoms with Crippen LogP contribution < -0.4 is 5.32 Å². The molecule has 1 atom stereocenters. The first-order valence-corrected chi connectivity index (χ1v) is 7.54. The van der Waals surface area contributed by atoms with Crippen LogP contribution in [0.5, 0.6) is 0 Å². The zero-order chi connectivity index (χ0) is 14.0. The summed E-state index contributed by atoms with van der Waals surface area (Å²) in [5.74, 6) is 0.